The Kier molecular flexibility index (Phi) is 7.42. The third-order valence-corrected chi connectivity index (χ3v) is 9.45. The molecule has 0 bridgehead atoms. The average Bonchev–Trinajstić information content (AvgIpc) is 3.45. The molecular weight excluding hydrogens is 500 g/mol. The molecule has 8 nitrogen and oxygen atoms in total. The zero-order valence-electron chi connectivity index (χ0n) is 22.5. The van der Waals surface area contributed by atoms with E-state index < -0.39 is 9.84 Å². The molecule has 0 fully saturated rings. The maximum absolute atomic E-state index is 13.0. The van der Waals surface area contributed by atoms with Gasteiger partial charge in [-0.25, -0.2) is 13.4 Å². The summed E-state index contributed by atoms with van der Waals surface area (Å²) in [6.45, 7) is 10.1. The van der Waals surface area contributed by atoms with Crippen molar-refractivity contribution in [2.75, 3.05) is 12.3 Å². The Balaban J connectivity index is 1.24. The summed E-state index contributed by atoms with van der Waals surface area (Å²) in [7, 11) is -3.29. The van der Waals surface area contributed by atoms with Crippen LogP contribution in [0.2, 0.25) is 0 Å². The number of carbonyl (C=O) groups is 1. The molecule has 0 saturated carbocycles. The number of hydrogen-bond donors (Lipinski definition) is 1. The summed E-state index contributed by atoms with van der Waals surface area (Å²) in [6, 6.07) is 9.54. The predicted octanol–water partition coefficient (Wildman–Crippen LogP) is 4.42. The van der Waals surface area contributed by atoms with Crippen LogP contribution < -0.4 is 5.32 Å². The SMILES string of the molecule is CCS(=O)(=O)c1ccc(CNC(=O)c2ccc3c(c2)CN(C[C@H]2CCc4nc(C)oc4C2)[C@H]3C(C)C)nc1. The summed E-state index contributed by atoms with van der Waals surface area (Å²) in [5, 5.41) is 2.92. The second kappa shape index (κ2) is 10.6. The van der Waals surface area contributed by atoms with Gasteiger partial charge in [0.15, 0.2) is 15.7 Å². The number of pyridine rings is 1. The standard InChI is InChI=1S/C29H36N4O4S/c1-5-38(35,36)24-9-8-23(30-15-24)14-31-29(34)21-7-10-25-22(13-21)17-33(28(25)18(2)3)16-20-6-11-26-27(12-20)37-19(4)32-26/h7-10,13,15,18,20,28H,5-6,11-12,14,16-17H2,1-4H3,(H,31,34)/t20-,28-/m0/s1. The van der Waals surface area contributed by atoms with E-state index >= 15 is 0 Å². The minimum atomic E-state index is -3.29. The zero-order chi connectivity index (χ0) is 27.0. The van der Waals surface area contributed by atoms with Gasteiger partial charge in [0.25, 0.3) is 5.91 Å². The number of oxazole rings is 1. The van der Waals surface area contributed by atoms with Gasteiger partial charge in [0.1, 0.15) is 5.76 Å². The van der Waals surface area contributed by atoms with E-state index in [4.69, 9.17) is 4.42 Å². The fraction of sp³-hybridized carbons (Fsp3) is 0.483. The van der Waals surface area contributed by atoms with E-state index in [1.165, 1.54) is 17.3 Å². The molecule has 0 spiro atoms. The van der Waals surface area contributed by atoms with Crippen molar-refractivity contribution in [3.05, 3.63) is 76.3 Å². The van der Waals surface area contributed by atoms with Crippen molar-refractivity contribution < 1.29 is 17.6 Å². The maximum atomic E-state index is 13.0. The summed E-state index contributed by atoms with van der Waals surface area (Å²) in [4.78, 5) is 24.5. The Morgan fingerprint density at radius 2 is 2.05 bits per heavy atom. The summed E-state index contributed by atoms with van der Waals surface area (Å²) < 4.78 is 29.8. The molecule has 1 aromatic carbocycles. The summed E-state index contributed by atoms with van der Waals surface area (Å²) in [5.74, 6) is 2.65. The van der Waals surface area contributed by atoms with Crippen LogP contribution in [0.3, 0.4) is 0 Å². The highest BCUT2D eigenvalue weighted by Crippen LogP contribution is 2.40. The summed E-state index contributed by atoms with van der Waals surface area (Å²) in [6.07, 6.45) is 4.37. The lowest BCUT2D eigenvalue weighted by Gasteiger charge is -2.32. The summed E-state index contributed by atoms with van der Waals surface area (Å²) in [5.41, 5.74) is 4.86. The monoisotopic (exact) mass is 536 g/mol. The molecule has 0 unspecified atom stereocenters. The van der Waals surface area contributed by atoms with Gasteiger partial charge in [-0.05, 0) is 60.1 Å². The number of amides is 1. The Morgan fingerprint density at radius 1 is 1.24 bits per heavy atom. The van der Waals surface area contributed by atoms with Crippen LogP contribution in [0.25, 0.3) is 0 Å². The van der Waals surface area contributed by atoms with Gasteiger partial charge >= 0.3 is 0 Å². The number of aromatic nitrogens is 2. The number of nitrogens with one attached hydrogen (secondary N) is 1. The smallest absolute Gasteiger partial charge is 0.251 e. The second-order valence-corrected chi connectivity index (χ2v) is 13.1. The highest BCUT2D eigenvalue weighted by atomic mass is 32.2. The molecule has 1 N–H and O–H groups in total. The van der Waals surface area contributed by atoms with Crippen LogP contribution in [0.5, 0.6) is 0 Å². The van der Waals surface area contributed by atoms with Crippen molar-refractivity contribution in [2.24, 2.45) is 11.8 Å². The number of aryl methyl sites for hydroxylation is 2. The van der Waals surface area contributed by atoms with Crippen molar-refractivity contribution >= 4 is 15.7 Å². The van der Waals surface area contributed by atoms with Crippen LogP contribution in [-0.2, 0) is 35.8 Å². The van der Waals surface area contributed by atoms with Gasteiger partial charge in [-0.1, -0.05) is 26.8 Å². The van der Waals surface area contributed by atoms with Crippen molar-refractivity contribution in [3.63, 3.8) is 0 Å². The molecule has 3 aromatic rings. The first-order valence-electron chi connectivity index (χ1n) is 13.4. The molecule has 1 aliphatic carbocycles. The van der Waals surface area contributed by atoms with E-state index in [9.17, 15) is 13.2 Å². The Morgan fingerprint density at radius 3 is 2.76 bits per heavy atom. The van der Waals surface area contributed by atoms with E-state index in [0.717, 1.165) is 49.7 Å². The number of hydrogen-bond acceptors (Lipinski definition) is 7. The van der Waals surface area contributed by atoms with Crippen molar-refractivity contribution in [3.8, 4) is 0 Å². The zero-order valence-corrected chi connectivity index (χ0v) is 23.3. The van der Waals surface area contributed by atoms with Crippen molar-refractivity contribution in [1.29, 1.82) is 0 Å². The first-order valence-corrected chi connectivity index (χ1v) is 15.1. The maximum Gasteiger partial charge on any atom is 0.251 e. The molecule has 3 heterocycles. The van der Waals surface area contributed by atoms with Crippen LogP contribution in [0.1, 0.15) is 77.8 Å². The van der Waals surface area contributed by atoms with E-state index in [2.05, 4.69) is 40.1 Å². The van der Waals surface area contributed by atoms with Gasteiger partial charge in [0, 0.05) is 44.2 Å². The van der Waals surface area contributed by atoms with Gasteiger partial charge in [-0.3, -0.25) is 14.7 Å². The highest BCUT2D eigenvalue weighted by molar-refractivity contribution is 7.91. The molecule has 202 valence electrons. The minimum absolute atomic E-state index is 0.0287. The van der Waals surface area contributed by atoms with E-state index in [1.54, 1.807) is 19.1 Å². The largest absolute Gasteiger partial charge is 0.446 e. The molecule has 0 radical (unpaired) electrons. The van der Waals surface area contributed by atoms with Gasteiger partial charge in [0.2, 0.25) is 0 Å². The topological polar surface area (TPSA) is 105 Å². The number of nitrogens with zero attached hydrogens (tertiary/aromatic N) is 3. The Labute approximate surface area is 224 Å². The molecule has 5 rings (SSSR count). The fourth-order valence-electron chi connectivity index (χ4n) is 5.84. The third-order valence-electron chi connectivity index (χ3n) is 7.73. The highest BCUT2D eigenvalue weighted by Gasteiger charge is 2.35. The fourth-order valence-corrected chi connectivity index (χ4v) is 6.67. The number of rotatable bonds is 8. The predicted molar refractivity (Wildman–Crippen MR) is 144 cm³/mol. The Hall–Kier alpha value is -3.04. The lowest BCUT2D eigenvalue weighted by molar-refractivity contribution is 0.0950. The number of sulfone groups is 1. The molecule has 1 amide bonds. The van der Waals surface area contributed by atoms with Crippen LogP contribution in [0, 0.1) is 18.8 Å². The van der Waals surface area contributed by atoms with Crippen LogP contribution >= 0.6 is 0 Å². The van der Waals surface area contributed by atoms with E-state index in [1.807, 2.05) is 19.1 Å². The number of benzene rings is 1. The summed E-state index contributed by atoms with van der Waals surface area (Å²) >= 11 is 0. The molecule has 2 aliphatic rings. The quantitative estimate of drug-likeness (QED) is 0.454. The van der Waals surface area contributed by atoms with Gasteiger partial charge in [0.05, 0.1) is 28.6 Å². The van der Waals surface area contributed by atoms with Crippen LogP contribution in [0.15, 0.2) is 45.8 Å². The van der Waals surface area contributed by atoms with Gasteiger partial charge in [-0.2, -0.15) is 0 Å². The van der Waals surface area contributed by atoms with E-state index in [0.29, 0.717) is 29.1 Å². The lowest BCUT2D eigenvalue weighted by Crippen LogP contribution is -2.33. The normalized spacial score (nSPS) is 19.4. The molecule has 9 heteroatoms. The molecule has 2 aromatic heterocycles. The van der Waals surface area contributed by atoms with Crippen LogP contribution in [-0.4, -0.2) is 41.5 Å². The molecule has 0 saturated heterocycles. The van der Waals surface area contributed by atoms with E-state index in [-0.39, 0.29) is 23.1 Å². The second-order valence-electron chi connectivity index (χ2n) is 10.8. The molecule has 1 aliphatic heterocycles. The van der Waals surface area contributed by atoms with Gasteiger partial charge < -0.3 is 9.73 Å². The van der Waals surface area contributed by atoms with Gasteiger partial charge in [-0.15, -0.1) is 0 Å². The third kappa shape index (κ3) is 5.40. The number of carbonyl (C=O) groups excluding carboxylic acids is 1. The van der Waals surface area contributed by atoms with Crippen LogP contribution in [0.4, 0.5) is 0 Å². The Bertz CT molecular complexity index is 1430. The number of fused-ring (bicyclic) bond motifs is 2. The van der Waals surface area contributed by atoms with Crippen molar-refractivity contribution in [2.45, 2.75) is 71.0 Å². The lowest BCUT2D eigenvalue weighted by atomic mass is 9.89. The molecular formula is C29H36N4O4S. The minimum Gasteiger partial charge on any atom is -0.446 e. The molecule has 38 heavy (non-hydrogen) atoms. The molecule has 2 atom stereocenters. The average molecular weight is 537 g/mol. The first-order chi connectivity index (χ1) is 18.1. The van der Waals surface area contributed by atoms with Crippen molar-refractivity contribution in [1.82, 2.24) is 20.2 Å². The first kappa shape index (κ1) is 26.6.